The third-order valence-electron chi connectivity index (χ3n) is 2.63. The monoisotopic (exact) mass is 262 g/mol. The van der Waals surface area contributed by atoms with E-state index in [4.69, 9.17) is 4.74 Å². The van der Waals surface area contributed by atoms with Gasteiger partial charge >= 0.3 is 6.09 Å². The van der Waals surface area contributed by atoms with Crippen molar-refractivity contribution in [3.05, 3.63) is 29.3 Å². The van der Waals surface area contributed by atoms with Crippen LogP contribution >= 0.6 is 0 Å². The van der Waals surface area contributed by atoms with Gasteiger partial charge in [0, 0.05) is 12.2 Å². The molecule has 19 heavy (non-hydrogen) atoms. The summed E-state index contributed by atoms with van der Waals surface area (Å²) in [6.07, 6.45) is -0.0440. The molecule has 1 aliphatic rings. The first-order valence-electron chi connectivity index (χ1n) is 6.22. The first kappa shape index (κ1) is 13.4. The van der Waals surface area contributed by atoms with Crippen molar-refractivity contribution in [1.29, 1.82) is 0 Å². The number of ether oxygens (including phenoxy) is 1. The molecule has 1 aromatic carbocycles. The molecule has 0 aliphatic carbocycles. The molecule has 1 aromatic rings. The minimum Gasteiger partial charge on any atom is -0.444 e. The van der Waals surface area contributed by atoms with Gasteiger partial charge in [-0.15, -0.1) is 0 Å². The molecule has 5 nitrogen and oxygen atoms in total. The molecule has 0 unspecified atom stereocenters. The highest BCUT2D eigenvalue weighted by molar-refractivity contribution is 5.99. The van der Waals surface area contributed by atoms with Crippen LogP contribution in [-0.4, -0.2) is 17.6 Å². The fourth-order valence-electron chi connectivity index (χ4n) is 1.88. The number of carbonyl (C=O) groups is 2. The fourth-order valence-corrected chi connectivity index (χ4v) is 1.88. The van der Waals surface area contributed by atoms with Gasteiger partial charge in [0.05, 0.1) is 6.42 Å². The SMILES string of the molecule is CC(C)(C)OC(=O)NCc1ccc2c(c1)CC(=O)N2. The second kappa shape index (κ2) is 4.91. The number of hydrogen-bond donors (Lipinski definition) is 2. The Labute approximate surface area is 112 Å². The van der Waals surface area contributed by atoms with E-state index in [-0.39, 0.29) is 5.91 Å². The Morgan fingerprint density at radius 3 is 2.84 bits per heavy atom. The molecule has 1 heterocycles. The van der Waals surface area contributed by atoms with E-state index < -0.39 is 11.7 Å². The molecular weight excluding hydrogens is 244 g/mol. The fraction of sp³-hybridized carbons (Fsp3) is 0.429. The number of benzene rings is 1. The Bertz CT molecular complexity index is 518. The summed E-state index contributed by atoms with van der Waals surface area (Å²) < 4.78 is 5.15. The first-order valence-corrected chi connectivity index (χ1v) is 6.22. The van der Waals surface area contributed by atoms with Crippen LogP contribution in [0.4, 0.5) is 10.5 Å². The van der Waals surface area contributed by atoms with Gasteiger partial charge in [-0.25, -0.2) is 4.79 Å². The van der Waals surface area contributed by atoms with Crippen molar-refractivity contribution < 1.29 is 14.3 Å². The zero-order valence-electron chi connectivity index (χ0n) is 11.4. The van der Waals surface area contributed by atoms with Gasteiger partial charge < -0.3 is 15.4 Å². The number of alkyl carbamates (subject to hydrolysis) is 1. The predicted molar refractivity (Wildman–Crippen MR) is 71.8 cm³/mol. The molecule has 0 atom stereocenters. The molecule has 0 saturated carbocycles. The zero-order valence-corrected chi connectivity index (χ0v) is 11.4. The molecule has 102 valence electrons. The van der Waals surface area contributed by atoms with E-state index in [1.165, 1.54) is 0 Å². The molecule has 0 radical (unpaired) electrons. The Morgan fingerprint density at radius 1 is 1.42 bits per heavy atom. The van der Waals surface area contributed by atoms with Gasteiger partial charge in [-0.2, -0.15) is 0 Å². The lowest BCUT2D eigenvalue weighted by Gasteiger charge is -2.19. The molecule has 0 fully saturated rings. The summed E-state index contributed by atoms with van der Waals surface area (Å²) in [5.41, 5.74) is 2.26. The van der Waals surface area contributed by atoms with E-state index in [9.17, 15) is 9.59 Å². The van der Waals surface area contributed by atoms with Gasteiger partial charge in [-0.1, -0.05) is 12.1 Å². The summed E-state index contributed by atoms with van der Waals surface area (Å²) in [5, 5.41) is 5.46. The lowest BCUT2D eigenvalue weighted by molar-refractivity contribution is -0.115. The number of rotatable bonds is 2. The molecule has 5 heteroatoms. The van der Waals surface area contributed by atoms with Crippen molar-refractivity contribution in [3.63, 3.8) is 0 Å². The van der Waals surface area contributed by atoms with Crippen LogP contribution in [0, 0.1) is 0 Å². The summed E-state index contributed by atoms with van der Waals surface area (Å²) in [6, 6.07) is 5.65. The van der Waals surface area contributed by atoms with Crippen molar-refractivity contribution >= 4 is 17.7 Å². The maximum absolute atomic E-state index is 11.5. The summed E-state index contributed by atoms with van der Waals surface area (Å²) in [5.74, 6) is 0.00671. The average molecular weight is 262 g/mol. The number of hydrogen-bond acceptors (Lipinski definition) is 3. The maximum atomic E-state index is 11.5. The van der Waals surface area contributed by atoms with Crippen LogP contribution < -0.4 is 10.6 Å². The second-order valence-corrected chi connectivity index (χ2v) is 5.57. The highest BCUT2D eigenvalue weighted by Gasteiger charge is 2.18. The van der Waals surface area contributed by atoms with Gasteiger partial charge in [0.15, 0.2) is 0 Å². The molecule has 2 rings (SSSR count). The number of fused-ring (bicyclic) bond motifs is 1. The van der Waals surface area contributed by atoms with Crippen molar-refractivity contribution in [2.45, 2.75) is 39.3 Å². The van der Waals surface area contributed by atoms with Crippen molar-refractivity contribution in [2.24, 2.45) is 0 Å². The third-order valence-corrected chi connectivity index (χ3v) is 2.63. The Balaban J connectivity index is 1.93. The molecule has 0 saturated heterocycles. The highest BCUT2D eigenvalue weighted by atomic mass is 16.6. The summed E-state index contributed by atoms with van der Waals surface area (Å²) in [4.78, 5) is 22.8. The lowest BCUT2D eigenvalue weighted by atomic mass is 10.1. The summed E-state index contributed by atoms with van der Waals surface area (Å²) in [6.45, 7) is 5.84. The standard InChI is InChI=1S/C14H18N2O3/c1-14(2,3)19-13(18)15-8-9-4-5-11-10(6-9)7-12(17)16-11/h4-6H,7-8H2,1-3H3,(H,15,18)(H,16,17). The topological polar surface area (TPSA) is 67.4 Å². The molecule has 2 amide bonds. The number of anilines is 1. The lowest BCUT2D eigenvalue weighted by Crippen LogP contribution is -2.32. The van der Waals surface area contributed by atoms with E-state index in [0.717, 1.165) is 16.8 Å². The van der Waals surface area contributed by atoms with Gasteiger partial charge in [-0.05, 0) is 38.0 Å². The Morgan fingerprint density at radius 2 is 2.16 bits per heavy atom. The highest BCUT2D eigenvalue weighted by Crippen LogP contribution is 2.23. The van der Waals surface area contributed by atoms with Crippen LogP contribution in [-0.2, 0) is 22.5 Å². The average Bonchev–Trinajstić information content (AvgIpc) is 2.63. The van der Waals surface area contributed by atoms with Crippen molar-refractivity contribution in [1.82, 2.24) is 5.32 Å². The zero-order chi connectivity index (χ0) is 14.0. The van der Waals surface area contributed by atoms with E-state index in [1.807, 2.05) is 39.0 Å². The van der Waals surface area contributed by atoms with E-state index in [1.54, 1.807) is 0 Å². The van der Waals surface area contributed by atoms with Crippen molar-refractivity contribution in [2.75, 3.05) is 5.32 Å². The molecule has 0 aromatic heterocycles. The molecular formula is C14H18N2O3. The van der Waals surface area contributed by atoms with Crippen LogP contribution in [0.1, 0.15) is 31.9 Å². The number of amides is 2. The second-order valence-electron chi connectivity index (χ2n) is 5.57. The number of carbonyl (C=O) groups excluding carboxylic acids is 2. The molecule has 1 aliphatic heterocycles. The van der Waals surface area contributed by atoms with E-state index in [2.05, 4.69) is 10.6 Å². The Hall–Kier alpha value is -2.04. The van der Waals surface area contributed by atoms with Crippen LogP contribution in [0.25, 0.3) is 0 Å². The van der Waals surface area contributed by atoms with Crippen molar-refractivity contribution in [3.8, 4) is 0 Å². The molecule has 0 spiro atoms. The predicted octanol–water partition coefficient (Wildman–Crippen LogP) is 2.21. The third kappa shape index (κ3) is 3.71. The van der Waals surface area contributed by atoms with E-state index in [0.29, 0.717) is 13.0 Å². The molecule has 0 bridgehead atoms. The summed E-state index contributed by atoms with van der Waals surface area (Å²) in [7, 11) is 0. The van der Waals surface area contributed by atoms with Gasteiger partial charge in [-0.3, -0.25) is 4.79 Å². The van der Waals surface area contributed by atoms with Gasteiger partial charge in [0.25, 0.3) is 0 Å². The minimum absolute atomic E-state index is 0.00671. The van der Waals surface area contributed by atoms with Crippen LogP contribution in [0.3, 0.4) is 0 Å². The smallest absolute Gasteiger partial charge is 0.407 e. The van der Waals surface area contributed by atoms with Gasteiger partial charge in [0.2, 0.25) is 5.91 Å². The minimum atomic E-state index is -0.502. The van der Waals surface area contributed by atoms with Gasteiger partial charge in [0.1, 0.15) is 5.60 Å². The van der Waals surface area contributed by atoms with E-state index >= 15 is 0 Å². The normalized spacial score (nSPS) is 13.7. The molecule has 2 N–H and O–H groups in total. The quantitative estimate of drug-likeness (QED) is 0.858. The van der Waals surface area contributed by atoms with Crippen LogP contribution in [0.2, 0.25) is 0 Å². The Kier molecular flexibility index (Phi) is 3.46. The maximum Gasteiger partial charge on any atom is 0.407 e. The number of nitrogens with one attached hydrogen (secondary N) is 2. The summed E-state index contributed by atoms with van der Waals surface area (Å²) >= 11 is 0. The largest absolute Gasteiger partial charge is 0.444 e. The first-order chi connectivity index (χ1) is 8.83. The van der Waals surface area contributed by atoms with Crippen LogP contribution in [0.15, 0.2) is 18.2 Å². The van der Waals surface area contributed by atoms with Crippen LogP contribution in [0.5, 0.6) is 0 Å².